The van der Waals surface area contributed by atoms with Crippen molar-refractivity contribution in [3.05, 3.63) is 54.9 Å². The molecular formula is C19H19ClN2O5S. The predicted octanol–water partition coefficient (Wildman–Crippen LogP) is 4.86. The maximum absolute atomic E-state index is 12.7. The van der Waals surface area contributed by atoms with Crippen molar-refractivity contribution in [1.82, 2.24) is 0 Å². The summed E-state index contributed by atoms with van der Waals surface area (Å²) in [5, 5.41) is 14.2. The van der Waals surface area contributed by atoms with E-state index >= 15 is 0 Å². The van der Waals surface area contributed by atoms with E-state index in [-0.39, 0.29) is 22.9 Å². The van der Waals surface area contributed by atoms with Crippen LogP contribution in [0.3, 0.4) is 0 Å². The van der Waals surface area contributed by atoms with Crippen molar-refractivity contribution in [2.45, 2.75) is 33.1 Å². The summed E-state index contributed by atoms with van der Waals surface area (Å²) >= 11 is 7.17. The van der Waals surface area contributed by atoms with E-state index in [0.29, 0.717) is 16.5 Å². The maximum atomic E-state index is 12.7. The van der Waals surface area contributed by atoms with Gasteiger partial charge < -0.3 is 10.1 Å². The second-order valence-electron chi connectivity index (χ2n) is 6.65. The lowest BCUT2D eigenvalue weighted by atomic mass is 9.88. The Morgan fingerprint density at radius 1 is 1.43 bits per heavy atom. The zero-order valence-electron chi connectivity index (χ0n) is 15.4. The molecule has 0 fully saturated rings. The normalized spacial score (nSPS) is 15.6. The number of nitrogens with zero attached hydrogens (tertiary/aromatic N) is 1. The molecule has 0 saturated heterocycles. The third-order valence-electron chi connectivity index (χ3n) is 4.62. The second-order valence-corrected chi connectivity index (χ2v) is 8.17. The summed E-state index contributed by atoms with van der Waals surface area (Å²) in [4.78, 5) is 36.7. The highest BCUT2D eigenvalue weighted by Crippen LogP contribution is 2.40. The molecule has 0 bridgehead atoms. The Kier molecular flexibility index (Phi) is 6.00. The Morgan fingerprint density at radius 3 is 2.86 bits per heavy atom. The first-order chi connectivity index (χ1) is 13.3. The number of amides is 1. The van der Waals surface area contributed by atoms with Crippen LogP contribution in [0.25, 0.3) is 0 Å². The van der Waals surface area contributed by atoms with Gasteiger partial charge in [-0.05, 0) is 49.8 Å². The van der Waals surface area contributed by atoms with E-state index in [4.69, 9.17) is 16.3 Å². The van der Waals surface area contributed by atoms with E-state index in [0.717, 1.165) is 35.8 Å². The Balaban J connectivity index is 1.95. The van der Waals surface area contributed by atoms with Crippen LogP contribution in [0, 0.1) is 16.0 Å². The summed E-state index contributed by atoms with van der Waals surface area (Å²) in [5.41, 5.74) is 1.06. The van der Waals surface area contributed by atoms with Crippen molar-refractivity contribution in [1.29, 1.82) is 0 Å². The number of nitro benzene ring substituents is 1. The SMILES string of the molecule is CCOC(=O)c1c(NC(=O)c2ccc(Cl)c([N+](=O)[O-])c2)sc2c1CCC(C)C2. The molecule has 1 heterocycles. The van der Waals surface area contributed by atoms with Crippen LogP contribution in [0.5, 0.6) is 0 Å². The van der Waals surface area contributed by atoms with Gasteiger partial charge in [-0.15, -0.1) is 11.3 Å². The first-order valence-electron chi connectivity index (χ1n) is 8.88. The third-order valence-corrected chi connectivity index (χ3v) is 6.11. The largest absolute Gasteiger partial charge is 0.462 e. The van der Waals surface area contributed by atoms with Crippen LogP contribution in [0.1, 0.15) is 51.4 Å². The molecule has 7 nitrogen and oxygen atoms in total. The zero-order chi connectivity index (χ0) is 20.4. The Labute approximate surface area is 170 Å². The summed E-state index contributed by atoms with van der Waals surface area (Å²) in [7, 11) is 0. The van der Waals surface area contributed by atoms with Crippen molar-refractivity contribution >= 4 is 45.5 Å². The predicted molar refractivity (Wildman–Crippen MR) is 108 cm³/mol. The van der Waals surface area contributed by atoms with Gasteiger partial charge in [-0.1, -0.05) is 18.5 Å². The van der Waals surface area contributed by atoms with Crippen molar-refractivity contribution < 1.29 is 19.2 Å². The molecule has 1 atom stereocenters. The highest BCUT2D eigenvalue weighted by Gasteiger charge is 2.29. The number of benzene rings is 1. The van der Waals surface area contributed by atoms with Crippen LogP contribution < -0.4 is 5.32 Å². The fourth-order valence-electron chi connectivity index (χ4n) is 3.23. The molecule has 0 aliphatic heterocycles. The zero-order valence-corrected chi connectivity index (χ0v) is 17.0. The summed E-state index contributed by atoms with van der Waals surface area (Å²) in [6, 6.07) is 3.84. The molecule has 28 heavy (non-hydrogen) atoms. The lowest BCUT2D eigenvalue weighted by molar-refractivity contribution is -0.384. The molecule has 1 amide bonds. The van der Waals surface area contributed by atoms with E-state index in [1.54, 1.807) is 6.92 Å². The van der Waals surface area contributed by atoms with Crippen molar-refractivity contribution in [2.24, 2.45) is 5.92 Å². The molecule has 1 aliphatic carbocycles. The first-order valence-corrected chi connectivity index (χ1v) is 10.1. The van der Waals surface area contributed by atoms with Gasteiger partial charge in [0.15, 0.2) is 0 Å². The molecule has 9 heteroatoms. The Hall–Kier alpha value is -2.45. The molecule has 2 aromatic rings. The number of carbonyl (C=O) groups excluding carboxylic acids is 2. The van der Waals surface area contributed by atoms with Gasteiger partial charge in [0, 0.05) is 16.5 Å². The van der Waals surface area contributed by atoms with E-state index in [1.807, 2.05) is 0 Å². The lowest BCUT2D eigenvalue weighted by Crippen LogP contribution is -2.16. The molecule has 0 saturated carbocycles. The minimum Gasteiger partial charge on any atom is -0.462 e. The topological polar surface area (TPSA) is 98.5 Å². The number of hydrogen-bond acceptors (Lipinski definition) is 6. The summed E-state index contributed by atoms with van der Waals surface area (Å²) in [5.74, 6) is -0.507. The quantitative estimate of drug-likeness (QED) is 0.421. The molecule has 1 N–H and O–H groups in total. The van der Waals surface area contributed by atoms with Crippen molar-refractivity contribution in [3.63, 3.8) is 0 Å². The molecule has 3 rings (SSSR count). The van der Waals surface area contributed by atoms with Gasteiger partial charge in [-0.25, -0.2) is 4.79 Å². The summed E-state index contributed by atoms with van der Waals surface area (Å²) in [6.07, 6.45) is 2.56. The van der Waals surface area contributed by atoms with Gasteiger partial charge in [-0.2, -0.15) is 0 Å². The lowest BCUT2D eigenvalue weighted by Gasteiger charge is -2.18. The fourth-order valence-corrected chi connectivity index (χ4v) is 4.81. The number of fused-ring (bicyclic) bond motifs is 1. The van der Waals surface area contributed by atoms with Gasteiger partial charge in [0.25, 0.3) is 11.6 Å². The van der Waals surface area contributed by atoms with Gasteiger partial charge in [-0.3, -0.25) is 14.9 Å². The van der Waals surface area contributed by atoms with Gasteiger partial charge >= 0.3 is 5.97 Å². The van der Waals surface area contributed by atoms with E-state index in [1.165, 1.54) is 23.5 Å². The average molecular weight is 423 g/mol. The monoisotopic (exact) mass is 422 g/mol. The summed E-state index contributed by atoms with van der Waals surface area (Å²) in [6.45, 7) is 4.11. The number of nitro groups is 1. The highest BCUT2D eigenvalue weighted by molar-refractivity contribution is 7.17. The third kappa shape index (κ3) is 4.02. The number of nitrogens with one attached hydrogen (secondary N) is 1. The van der Waals surface area contributed by atoms with Gasteiger partial charge in [0.2, 0.25) is 0 Å². The van der Waals surface area contributed by atoms with Crippen LogP contribution in [-0.4, -0.2) is 23.4 Å². The number of halogens is 1. The smallest absolute Gasteiger partial charge is 0.341 e. The molecule has 0 radical (unpaired) electrons. The van der Waals surface area contributed by atoms with Crippen LogP contribution in [0.2, 0.25) is 5.02 Å². The van der Waals surface area contributed by atoms with Gasteiger partial charge in [0.05, 0.1) is 17.1 Å². The number of ether oxygens (including phenoxy) is 1. The van der Waals surface area contributed by atoms with Crippen LogP contribution in [0.15, 0.2) is 18.2 Å². The van der Waals surface area contributed by atoms with Crippen LogP contribution >= 0.6 is 22.9 Å². The van der Waals surface area contributed by atoms with Crippen LogP contribution in [0.4, 0.5) is 10.7 Å². The molecule has 1 aromatic carbocycles. The van der Waals surface area contributed by atoms with Crippen molar-refractivity contribution in [2.75, 3.05) is 11.9 Å². The molecule has 1 unspecified atom stereocenters. The van der Waals surface area contributed by atoms with Crippen LogP contribution in [-0.2, 0) is 17.6 Å². The Morgan fingerprint density at radius 2 is 2.18 bits per heavy atom. The molecule has 0 spiro atoms. The minimum atomic E-state index is -0.644. The number of hydrogen-bond donors (Lipinski definition) is 1. The second kappa shape index (κ2) is 8.28. The number of anilines is 1. The standard InChI is InChI=1S/C19H19ClN2O5S/c1-3-27-19(24)16-12-6-4-10(2)8-15(12)28-18(16)21-17(23)11-5-7-13(20)14(9-11)22(25)26/h5,7,9-10H,3-4,6,8H2,1-2H3,(H,21,23). The minimum absolute atomic E-state index is 0.0469. The first kappa shape index (κ1) is 20.3. The Bertz CT molecular complexity index is 956. The maximum Gasteiger partial charge on any atom is 0.341 e. The van der Waals surface area contributed by atoms with E-state index in [9.17, 15) is 19.7 Å². The fraction of sp³-hybridized carbons (Fsp3) is 0.368. The summed E-state index contributed by atoms with van der Waals surface area (Å²) < 4.78 is 5.18. The van der Waals surface area contributed by atoms with Gasteiger partial charge in [0.1, 0.15) is 10.0 Å². The number of thiophene rings is 1. The number of esters is 1. The number of carbonyl (C=O) groups is 2. The molecule has 1 aromatic heterocycles. The van der Waals surface area contributed by atoms with E-state index < -0.39 is 16.8 Å². The molecular weight excluding hydrogens is 404 g/mol. The molecule has 148 valence electrons. The molecule has 1 aliphatic rings. The highest BCUT2D eigenvalue weighted by atomic mass is 35.5. The van der Waals surface area contributed by atoms with E-state index in [2.05, 4.69) is 12.2 Å². The van der Waals surface area contributed by atoms with Crippen molar-refractivity contribution in [3.8, 4) is 0 Å². The average Bonchev–Trinajstić information content (AvgIpc) is 2.98. The number of rotatable bonds is 5.